The molecule has 3 rings (SSSR count). The SMILES string of the molecule is C[C@H](C(=O)Nc1cccc(S(=O)(=O)N2CCOCC2)c1)[NH+]1CCCCCC1. The maximum absolute atomic E-state index is 12.8. The lowest BCUT2D eigenvalue weighted by Crippen LogP contribution is -3.16. The number of hydrogen-bond donors (Lipinski definition) is 2. The predicted octanol–water partition coefficient (Wildman–Crippen LogP) is 0.493. The Hall–Kier alpha value is -1.48. The van der Waals surface area contributed by atoms with Crippen LogP contribution < -0.4 is 10.2 Å². The molecule has 1 atom stereocenters. The number of amides is 1. The monoisotopic (exact) mass is 396 g/mol. The number of likely N-dealkylation sites (tertiary alicyclic amines) is 1. The number of nitrogens with zero attached hydrogens (tertiary/aromatic N) is 1. The average molecular weight is 397 g/mol. The van der Waals surface area contributed by atoms with Crippen molar-refractivity contribution in [1.29, 1.82) is 0 Å². The normalized spacial score (nSPS) is 21.4. The summed E-state index contributed by atoms with van der Waals surface area (Å²) >= 11 is 0. The van der Waals surface area contributed by atoms with E-state index in [1.807, 2.05) is 6.92 Å². The molecule has 0 radical (unpaired) electrons. The summed E-state index contributed by atoms with van der Waals surface area (Å²) in [5, 5.41) is 2.91. The van der Waals surface area contributed by atoms with Crippen molar-refractivity contribution in [3.8, 4) is 0 Å². The summed E-state index contributed by atoms with van der Waals surface area (Å²) in [6.45, 7) is 5.50. The zero-order valence-electron chi connectivity index (χ0n) is 15.9. The third kappa shape index (κ3) is 5.07. The first-order valence-corrected chi connectivity index (χ1v) is 11.3. The standard InChI is InChI=1S/C19H29N3O4S/c1-16(21-9-4-2-3-5-10-21)19(23)20-17-7-6-8-18(15-17)27(24,25)22-11-13-26-14-12-22/h6-8,15-16H,2-5,9-14H2,1H3,(H,20,23)/p+1/t16-/m1/s1. The first-order valence-electron chi connectivity index (χ1n) is 9.82. The summed E-state index contributed by atoms with van der Waals surface area (Å²) in [6.07, 6.45) is 4.78. The highest BCUT2D eigenvalue weighted by molar-refractivity contribution is 7.89. The van der Waals surface area contributed by atoms with Crippen LogP contribution in [0.3, 0.4) is 0 Å². The first kappa shape index (κ1) is 20.3. The van der Waals surface area contributed by atoms with E-state index in [-0.39, 0.29) is 16.8 Å². The Morgan fingerprint density at radius 1 is 1.15 bits per heavy atom. The molecule has 0 unspecified atom stereocenters. The predicted molar refractivity (Wildman–Crippen MR) is 103 cm³/mol. The molecule has 2 aliphatic rings. The Morgan fingerprint density at radius 3 is 2.48 bits per heavy atom. The summed E-state index contributed by atoms with van der Waals surface area (Å²) in [5.74, 6) is -0.0622. The first-order chi connectivity index (χ1) is 13.0. The van der Waals surface area contributed by atoms with E-state index in [4.69, 9.17) is 4.74 Å². The molecule has 27 heavy (non-hydrogen) atoms. The zero-order chi connectivity index (χ0) is 19.3. The number of morpholine rings is 1. The summed E-state index contributed by atoms with van der Waals surface area (Å²) in [6, 6.07) is 6.38. The van der Waals surface area contributed by atoms with Crippen molar-refractivity contribution in [3.05, 3.63) is 24.3 Å². The second kappa shape index (κ2) is 9.14. The fourth-order valence-electron chi connectivity index (χ4n) is 3.72. The van der Waals surface area contributed by atoms with Gasteiger partial charge in [0.2, 0.25) is 10.0 Å². The highest BCUT2D eigenvalue weighted by Crippen LogP contribution is 2.20. The Labute approximate surface area is 161 Å². The van der Waals surface area contributed by atoms with Crippen molar-refractivity contribution in [3.63, 3.8) is 0 Å². The fraction of sp³-hybridized carbons (Fsp3) is 0.632. The van der Waals surface area contributed by atoms with Crippen LogP contribution in [0.4, 0.5) is 5.69 Å². The number of carbonyl (C=O) groups is 1. The van der Waals surface area contributed by atoms with Crippen molar-refractivity contribution in [1.82, 2.24) is 4.31 Å². The molecule has 2 fully saturated rings. The molecule has 1 aromatic rings. The van der Waals surface area contributed by atoms with E-state index in [0.717, 1.165) is 25.9 Å². The van der Waals surface area contributed by atoms with Gasteiger partial charge in [0.25, 0.3) is 5.91 Å². The van der Waals surface area contributed by atoms with Crippen LogP contribution in [0.1, 0.15) is 32.6 Å². The summed E-state index contributed by atoms with van der Waals surface area (Å²) < 4.78 is 32.3. The van der Waals surface area contributed by atoms with Crippen molar-refractivity contribution < 1.29 is 22.8 Å². The summed E-state index contributed by atoms with van der Waals surface area (Å²) in [5.41, 5.74) is 0.524. The molecule has 2 N–H and O–H groups in total. The Balaban J connectivity index is 1.68. The second-order valence-electron chi connectivity index (χ2n) is 7.33. The van der Waals surface area contributed by atoms with Gasteiger partial charge in [0.15, 0.2) is 6.04 Å². The molecular weight excluding hydrogens is 366 g/mol. The minimum absolute atomic E-state index is 0.0622. The number of hydrogen-bond acceptors (Lipinski definition) is 4. The van der Waals surface area contributed by atoms with Gasteiger partial charge in [-0.25, -0.2) is 8.42 Å². The minimum atomic E-state index is -3.57. The number of sulfonamides is 1. The molecule has 150 valence electrons. The van der Waals surface area contributed by atoms with Gasteiger partial charge in [-0.3, -0.25) is 4.79 Å². The average Bonchev–Trinajstić information content (AvgIpc) is 2.98. The molecule has 1 amide bonds. The molecule has 2 aliphatic heterocycles. The lowest BCUT2D eigenvalue weighted by molar-refractivity contribution is -0.913. The molecule has 0 saturated carbocycles. The van der Waals surface area contributed by atoms with Crippen molar-refractivity contribution in [2.45, 2.75) is 43.5 Å². The molecule has 7 nitrogen and oxygen atoms in total. The highest BCUT2D eigenvalue weighted by Gasteiger charge is 2.28. The largest absolute Gasteiger partial charge is 0.379 e. The van der Waals surface area contributed by atoms with E-state index in [0.29, 0.717) is 32.0 Å². The Bertz CT molecular complexity index is 739. The number of rotatable bonds is 5. The van der Waals surface area contributed by atoms with Crippen LogP contribution in [0.2, 0.25) is 0 Å². The lowest BCUT2D eigenvalue weighted by Gasteiger charge is -2.26. The van der Waals surface area contributed by atoms with E-state index in [1.165, 1.54) is 22.0 Å². The summed E-state index contributed by atoms with van der Waals surface area (Å²) in [7, 11) is -3.57. The molecule has 0 spiro atoms. The number of quaternary nitrogens is 1. The van der Waals surface area contributed by atoms with E-state index >= 15 is 0 Å². The summed E-state index contributed by atoms with van der Waals surface area (Å²) in [4.78, 5) is 14.2. The molecule has 2 heterocycles. The van der Waals surface area contributed by atoms with Crippen LogP contribution in [-0.2, 0) is 19.6 Å². The molecule has 8 heteroatoms. The van der Waals surface area contributed by atoms with E-state index in [9.17, 15) is 13.2 Å². The maximum Gasteiger partial charge on any atom is 0.282 e. The third-order valence-electron chi connectivity index (χ3n) is 5.46. The smallest absolute Gasteiger partial charge is 0.282 e. The molecule has 2 saturated heterocycles. The molecule has 0 bridgehead atoms. The minimum Gasteiger partial charge on any atom is -0.379 e. The molecule has 0 aliphatic carbocycles. The Kier molecular flexibility index (Phi) is 6.86. The van der Waals surface area contributed by atoms with Crippen LogP contribution in [0.5, 0.6) is 0 Å². The van der Waals surface area contributed by atoms with Gasteiger partial charge in [0, 0.05) is 18.8 Å². The van der Waals surface area contributed by atoms with E-state index in [2.05, 4.69) is 5.32 Å². The van der Waals surface area contributed by atoms with Gasteiger partial charge in [0.05, 0.1) is 31.2 Å². The quantitative estimate of drug-likeness (QED) is 0.759. The van der Waals surface area contributed by atoms with Crippen LogP contribution >= 0.6 is 0 Å². The van der Waals surface area contributed by atoms with Gasteiger partial charge in [-0.15, -0.1) is 0 Å². The van der Waals surface area contributed by atoms with E-state index < -0.39 is 10.0 Å². The molecule has 0 aromatic heterocycles. The number of nitrogens with one attached hydrogen (secondary N) is 2. The van der Waals surface area contributed by atoms with Gasteiger partial charge >= 0.3 is 0 Å². The Morgan fingerprint density at radius 2 is 1.81 bits per heavy atom. The fourth-order valence-corrected chi connectivity index (χ4v) is 5.18. The third-order valence-corrected chi connectivity index (χ3v) is 7.36. The molecular formula is C19H30N3O4S+. The zero-order valence-corrected chi connectivity index (χ0v) is 16.8. The van der Waals surface area contributed by atoms with Crippen molar-refractivity contribution in [2.24, 2.45) is 0 Å². The number of carbonyl (C=O) groups excluding carboxylic acids is 1. The van der Waals surface area contributed by atoms with Crippen LogP contribution in [0.25, 0.3) is 0 Å². The topological polar surface area (TPSA) is 80.2 Å². The number of benzene rings is 1. The number of anilines is 1. The van der Waals surface area contributed by atoms with Gasteiger partial charge in [-0.05, 0) is 50.8 Å². The van der Waals surface area contributed by atoms with Crippen molar-refractivity contribution in [2.75, 3.05) is 44.7 Å². The van der Waals surface area contributed by atoms with Gasteiger partial charge in [-0.2, -0.15) is 4.31 Å². The van der Waals surface area contributed by atoms with Crippen LogP contribution in [0, 0.1) is 0 Å². The van der Waals surface area contributed by atoms with Crippen LogP contribution in [-0.4, -0.2) is 64.1 Å². The maximum atomic E-state index is 12.8. The van der Waals surface area contributed by atoms with Gasteiger partial charge < -0.3 is 15.0 Å². The lowest BCUT2D eigenvalue weighted by atomic mass is 10.2. The van der Waals surface area contributed by atoms with E-state index in [1.54, 1.807) is 24.3 Å². The number of ether oxygens (including phenoxy) is 1. The van der Waals surface area contributed by atoms with Crippen LogP contribution in [0.15, 0.2) is 29.2 Å². The highest BCUT2D eigenvalue weighted by atomic mass is 32.2. The van der Waals surface area contributed by atoms with Crippen molar-refractivity contribution >= 4 is 21.6 Å². The second-order valence-corrected chi connectivity index (χ2v) is 9.27. The molecule has 1 aromatic carbocycles. The van der Waals surface area contributed by atoms with Gasteiger partial charge in [-0.1, -0.05) is 6.07 Å². The van der Waals surface area contributed by atoms with Gasteiger partial charge in [0.1, 0.15) is 0 Å².